The summed E-state index contributed by atoms with van der Waals surface area (Å²) >= 11 is 0. The highest BCUT2D eigenvalue weighted by Gasteiger charge is 2.15. The molecular formula is C12H8F3N3O. The Balaban J connectivity index is 2.26. The first-order valence-corrected chi connectivity index (χ1v) is 5.15. The number of nitrogens with one attached hydrogen (secondary N) is 1. The number of rotatable bonds is 2. The molecular weight excluding hydrogens is 259 g/mol. The standard InChI is InChI=1S/C12H8F3N3O/c13-6-3-8(14)11(9(15)4-6)18-12(19)10-2-1-7(16)5-17-10/h1-5H,16H2,(H,18,19). The maximum absolute atomic E-state index is 13.3. The summed E-state index contributed by atoms with van der Waals surface area (Å²) in [6, 6.07) is 3.65. The van der Waals surface area contributed by atoms with E-state index < -0.39 is 29.0 Å². The van der Waals surface area contributed by atoms with Gasteiger partial charge in [-0.3, -0.25) is 4.79 Å². The number of hydrogen-bond donors (Lipinski definition) is 2. The number of pyridine rings is 1. The molecule has 2 rings (SSSR count). The van der Waals surface area contributed by atoms with Crippen molar-refractivity contribution in [2.45, 2.75) is 0 Å². The van der Waals surface area contributed by atoms with Gasteiger partial charge in [0.05, 0.1) is 11.9 Å². The van der Waals surface area contributed by atoms with Crippen molar-refractivity contribution in [1.82, 2.24) is 4.98 Å². The molecule has 2 aromatic rings. The van der Waals surface area contributed by atoms with Gasteiger partial charge in [-0.15, -0.1) is 0 Å². The lowest BCUT2D eigenvalue weighted by Crippen LogP contribution is -2.16. The molecule has 1 aromatic carbocycles. The van der Waals surface area contributed by atoms with Crippen molar-refractivity contribution in [1.29, 1.82) is 0 Å². The molecule has 3 N–H and O–H groups in total. The van der Waals surface area contributed by atoms with E-state index in [9.17, 15) is 18.0 Å². The maximum atomic E-state index is 13.3. The van der Waals surface area contributed by atoms with E-state index in [4.69, 9.17) is 5.73 Å². The Morgan fingerprint density at radius 2 is 1.79 bits per heavy atom. The Morgan fingerprint density at radius 1 is 1.16 bits per heavy atom. The number of halogens is 3. The maximum Gasteiger partial charge on any atom is 0.274 e. The number of hydrogen-bond acceptors (Lipinski definition) is 3. The number of carbonyl (C=O) groups excluding carboxylic acids is 1. The van der Waals surface area contributed by atoms with E-state index in [2.05, 4.69) is 4.98 Å². The molecule has 0 radical (unpaired) electrons. The van der Waals surface area contributed by atoms with E-state index in [0.29, 0.717) is 17.8 Å². The highest BCUT2D eigenvalue weighted by molar-refractivity contribution is 6.03. The van der Waals surface area contributed by atoms with Gasteiger partial charge in [-0.05, 0) is 12.1 Å². The summed E-state index contributed by atoms with van der Waals surface area (Å²) in [5, 5.41) is 1.98. The van der Waals surface area contributed by atoms with E-state index in [-0.39, 0.29) is 5.69 Å². The van der Waals surface area contributed by atoms with Crippen molar-refractivity contribution in [2.24, 2.45) is 0 Å². The molecule has 0 aliphatic carbocycles. The Kier molecular flexibility index (Phi) is 3.37. The van der Waals surface area contributed by atoms with Crippen LogP contribution in [0.2, 0.25) is 0 Å². The second-order valence-corrected chi connectivity index (χ2v) is 3.68. The monoisotopic (exact) mass is 267 g/mol. The Labute approximate surface area is 106 Å². The lowest BCUT2D eigenvalue weighted by Gasteiger charge is -2.07. The number of nitrogens with two attached hydrogens (primary N) is 1. The van der Waals surface area contributed by atoms with Crippen molar-refractivity contribution in [3.8, 4) is 0 Å². The predicted molar refractivity (Wildman–Crippen MR) is 62.9 cm³/mol. The van der Waals surface area contributed by atoms with Gasteiger partial charge in [-0.1, -0.05) is 0 Å². The van der Waals surface area contributed by atoms with Crippen LogP contribution >= 0.6 is 0 Å². The van der Waals surface area contributed by atoms with Gasteiger partial charge in [0.1, 0.15) is 17.2 Å². The lowest BCUT2D eigenvalue weighted by atomic mass is 10.2. The van der Waals surface area contributed by atoms with Crippen LogP contribution in [0.3, 0.4) is 0 Å². The summed E-state index contributed by atoms with van der Waals surface area (Å²) in [5.41, 5.74) is 4.93. The van der Waals surface area contributed by atoms with Crippen molar-refractivity contribution >= 4 is 17.3 Å². The molecule has 0 aliphatic rings. The molecule has 1 aromatic heterocycles. The fraction of sp³-hybridized carbons (Fsp3) is 0. The average molecular weight is 267 g/mol. The third kappa shape index (κ3) is 2.82. The molecule has 0 fully saturated rings. The second-order valence-electron chi connectivity index (χ2n) is 3.68. The smallest absolute Gasteiger partial charge is 0.274 e. The molecule has 19 heavy (non-hydrogen) atoms. The Morgan fingerprint density at radius 3 is 2.32 bits per heavy atom. The molecule has 7 heteroatoms. The van der Waals surface area contributed by atoms with Crippen molar-refractivity contribution in [2.75, 3.05) is 11.1 Å². The summed E-state index contributed by atoms with van der Waals surface area (Å²) in [6.45, 7) is 0. The minimum Gasteiger partial charge on any atom is -0.397 e. The largest absolute Gasteiger partial charge is 0.397 e. The van der Waals surface area contributed by atoms with E-state index in [1.165, 1.54) is 18.3 Å². The molecule has 4 nitrogen and oxygen atoms in total. The third-order valence-corrected chi connectivity index (χ3v) is 2.26. The number of nitrogens with zero attached hydrogens (tertiary/aromatic N) is 1. The van der Waals surface area contributed by atoms with Gasteiger partial charge < -0.3 is 11.1 Å². The van der Waals surface area contributed by atoms with Crippen molar-refractivity contribution in [3.63, 3.8) is 0 Å². The van der Waals surface area contributed by atoms with E-state index in [1.54, 1.807) is 0 Å². The highest BCUT2D eigenvalue weighted by Crippen LogP contribution is 2.20. The summed E-state index contributed by atoms with van der Waals surface area (Å²) in [4.78, 5) is 15.4. The fourth-order valence-electron chi connectivity index (χ4n) is 1.38. The normalized spacial score (nSPS) is 10.3. The van der Waals surface area contributed by atoms with Gasteiger partial charge >= 0.3 is 0 Å². The van der Waals surface area contributed by atoms with Gasteiger partial charge in [0.2, 0.25) is 0 Å². The zero-order valence-corrected chi connectivity index (χ0v) is 9.45. The SMILES string of the molecule is Nc1ccc(C(=O)Nc2c(F)cc(F)cc2F)nc1. The minimum absolute atomic E-state index is 0.0719. The van der Waals surface area contributed by atoms with Crippen molar-refractivity contribution < 1.29 is 18.0 Å². The Bertz CT molecular complexity index is 606. The predicted octanol–water partition coefficient (Wildman–Crippen LogP) is 2.33. The molecule has 1 heterocycles. The highest BCUT2D eigenvalue weighted by atomic mass is 19.1. The number of nitrogen functional groups attached to an aromatic ring is 1. The van der Waals surface area contributed by atoms with Crippen LogP contribution in [0.4, 0.5) is 24.5 Å². The summed E-state index contributed by atoms with van der Waals surface area (Å²) in [5.74, 6) is -4.31. The van der Waals surface area contributed by atoms with Crippen LogP contribution in [0.25, 0.3) is 0 Å². The molecule has 0 spiro atoms. The zero-order valence-electron chi connectivity index (χ0n) is 9.45. The molecule has 0 aliphatic heterocycles. The van der Waals surface area contributed by atoms with Gasteiger partial charge in [0, 0.05) is 12.1 Å². The fourth-order valence-corrected chi connectivity index (χ4v) is 1.38. The first-order chi connectivity index (χ1) is 8.97. The molecule has 0 unspecified atom stereocenters. The molecule has 0 saturated carbocycles. The van der Waals surface area contributed by atoms with E-state index in [1.807, 2.05) is 5.32 Å². The van der Waals surface area contributed by atoms with Crippen LogP contribution in [-0.2, 0) is 0 Å². The topological polar surface area (TPSA) is 68.0 Å². The molecule has 0 bridgehead atoms. The lowest BCUT2D eigenvalue weighted by molar-refractivity contribution is 0.102. The van der Waals surface area contributed by atoms with Gasteiger partial charge in [-0.25, -0.2) is 18.2 Å². The molecule has 98 valence electrons. The quantitative estimate of drug-likeness (QED) is 0.877. The summed E-state index contributed by atoms with van der Waals surface area (Å²) in [6.07, 6.45) is 1.23. The van der Waals surface area contributed by atoms with Crippen LogP contribution in [0.15, 0.2) is 30.5 Å². The minimum atomic E-state index is -1.21. The Hall–Kier alpha value is -2.57. The summed E-state index contributed by atoms with van der Waals surface area (Å²) in [7, 11) is 0. The van der Waals surface area contributed by atoms with Gasteiger partial charge in [0.15, 0.2) is 11.6 Å². The summed E-state index contributed by atoms with van der Waals surface area (Å²) < 4.78 is 39.3. The number of aromatic nitrogens is 1. The number of carbonyl (C=O) groups is 1. The number of amides is 1. The first-order valence-electron chi connectivity index (χ1n) is 5.15. The molecule has 1 amide bonds. The van der Waals surface area contributed by atoms with Gasteiger partial charge in [0.25, 0.3) is 5.91 Å². The van der Waals surface area contributed by atoms with Crippen molar-refractivity contribution in [3.05, 3.63) is 53.6 Å². The van der Waals surface area contributed by atoms with Crippen LogP contribution in [0.5, 0.6) is 0 Å². The van der Waals surface area contributed by atoms with Crippen LogP contribution in [-0.4, -0.2) is 10.9 Å². The second kappa shape index (κ2) is 4.97. The first kappa shape index (κ1) is 12.9. The average Bonchev–Trinajstić information content (AvgIpc) is 2.34. The molecule has 0 atom stereocenters. The number of anilines is 2. The van der Waals surface area contributed by atoms with E-state index in [0.717, 1.165) is 0 Å². The zero-order chi connectivity index (χ0) is 14.0. The van der Waals surface area contributed by atoms with Gasteiger partial charge in [-0.2, -0.15) is 0 Å². The number of benzene rings is 1. The van der Waals surface area contributed by atoms with Crippen LogP contribution in [0, 0.1) is 17.5 Å². The van der Waals surface area contributed by atoms with Crippen LogP contribution < -0.4 is 11.1 Å². The third-order valence-electron chi connectivity index (χ3n) is 2.26. The van der Waals surface area contributed by atoms with Crippen LogP contribution in [0.1, 0.15) is 10.5 Å². The van der Waals surface area contributed by atoms with E-state index >= 15 is 0 Å². The molecule has 0 saturated heterocycles.